The molecule has 2 aromatic carbocycles. The average molecular weight is 474 g/mol. The summed E-state index contributed by atoms with van der Waals surface area (Å²) in [5, 5.41) is 4.31. The van der Waals surface area contributed by atoms with Crippen LogP contribution in [0.15, 0.2) is 36.4 Å². The molecule has 1 saturated carbocycles. The highest BCUT2D eigenvalue weighted by molar-refractivity contribution is 6.43. The number of carbonyl (C=O) groups excluding carboxylic acids is 1. The van der Waals surface area contributed by atoms with Crippen LogP contribution < -0.4 is 15.0 Å². The zero-order valence-corrected chi connectivity index (χ0v) is 19.9. The summed E-state index contributed by atoms with van der Waals surface area (Å²) in [6.45, 7) is 7.76. The number of amides is 1. The summed E-state index contributed by atoms with van der Waals surface area (Å²) >= 11 is 12.5. The molecule has 5 rings (SSSR count). The van der Waals surface area contributed by atoms with Crippen molar-refractivity contribution in [2.24, 2.45) is 5.41 Å². The normalized spacial score (nSPS) is 24.5. The molecule has 0 aromatic heterocycles. The van der Waals surface area contributed by atoms with Gasteiger partial charge in [-0.05, 0) is 49.6 Å². The molecule has 7 heteroatoms. The van der Waals surface area contributed by atoms with Gasteiger partial charge in [0.15, 0.2) is 0 Å². The Morgan fingerprint density at radius 1 is 1.12 bits per heavy atom. The van der Waals surface area contributed by atoms with Crippen molar-refractivity contribution in [3.8, 4) is 5.75 Å². The van der Waals surface area contributed by atoms with Crippen molar-refractivity contribution in [1.29, 1.82) is 0 Å². The number of nitrogens with one attached hydrogen (secondary N) is 1. The molecule has 0 radical (unpaired) electrons. The van der Waals surface area contributed by atoms with Gasteiger partial charge in [-0.15, -0.1) is 0 Å². The topological polar surface area (TPSA) is 44.8 Å². The van der Waals surface area contributed by atoms with E-state index in [4.69, 9.17) is 27.9 Å². The standard InChI is InChI=1S/C25H29Cl2N3O2/c1-25-16-19(25)18-8-7-17(15-21(18)28-24(25)31)32-14-3-2-9-29-10-12-30(13-11-29)22-6-4-5-20(26)23(22)27/h4-8,15,19H,2-3,9-14,16H2,1H3,(H,28,31). The number of fused-ring (bicyclic) bond motifs is 3. The lowest BCUT2D eigenvalue weighted by Crippen LogP contribution is -2.46. The third-order valence-electron chi connectivity index (χ3n) is 7.19. The molecule has 2 fully saturated rings. The minimum absolute atomic E-state index is 0.143. The lowest BCUT2D eigenvalue weighted by molar-refractivity contribution is -0.120. The van der Waals surface area contributed by atoms with Crippen LogP contribution in [0, 0.1) is 5.41 Å². The van der Waals surface area contributed by atoms with Crippen LogP contribution in [0.5, 0.6) is 5.75 Å². The van der Waals surface area contributed by atoms with E-state index < -0.39 is 0 Å². The van der Waals surface area contributed by atoms with Crippen molar-refractivity contribution >= 4 is 40.5 Å². The number of piperazine rings is 1. The summed E-state index contributed by atoms with van der Waals surface area (Å²) in [4.78, 5) is 17.0. The molecular weight excluding hydrogens is 445 g/mol. The first-order valence-electron chi connectivity index (χ1n) is 11.5. The van der Waals surface area contributed by atoms with E-state index in [1.807, 2.05) is 37.3 Å². The van der Waals surface area contributed by atoms with Crippen LogP contribution in [0.2, 0.25) is 10.0 Å². The van der Waals surface area contributed by atoms with E-state index in [0.29, 0.717) is 22.6 Å². The summed E-state index contributed by atoms with van der Waals surface area (Å²) in [5.41, 5.74) is 3.00. The molecule has 2 unspecified atom stereocenters. The molecule has 170 valence electrons. The maximum absolute atomic E-state index is 12.2. The molecule has 5 nitrogen and oxygen atoms in total. The fourth-order valence-electron chi connectivity index (χ4n) is 4.95. The number of unbranched alkanes of at least 4 members (excludes halogenated alkanes) is 1. The van der Waals surface area contributed by atoms with Crippen LogP contribution in [0.3, 0.4) is 0 Å². The highest BCUT2D eigenvalue weighted by Gasteiger charge is 2.59. The second kappa shape index (κ2) is 8.77. The number of hydrogen-bond acceptors (Lipinski definition) is 4. The van der Waals surface area contributed by atoms with Gasteiger partial charge in [0.05, 0.1) is 27.8 Å². The van der Waals surface area contributed by atoms with Crippen LogP contribution in [-0.4, -0.2) is 50.1 Å². The van der Waals surface area contributed by atoms with Gasteiger partial charge in [-0.1, -0.05) is 42.3 Å². The molecule has 1 N–H and O–H groups in total. The second-order valence-corrected chi connectivity index (χ2v) is 10.1. The molecular formula is C25H29Cl2N3O2. The van der Waals surface area contributed by atoms with Gasteiger partial charge in [0.25, 0.3) is 0 Å². The minimum atomic E-state index is -0.193. The molecule has 1 amide bonds. The zero-order chi connectivity index (χ0) is 22.3. The summed E-state index contributed by atoms with van der Waals surface area (Å²) in [7, 11) is 0. The smallest absolute Gasteiger partial charge is 0.230 e. The van der Waals surface area contributed by atoms with Crippen molar-refractivity contribution in [3.63, 3.8) is 0 Å². The van der Waals surface area contributed by atoms with Gasteiger partial charge in [0.2, 0.25) is 5.91 Å². The molecule has 0 bridgehead atoms. The summed E-state index contributed by atoms with van der Waals surface area (Å²) in [5.74, 6) is 1.35. The minimum Gasteiger partial charge on any atom is -0.494 e. The number of ether oxygens (including phenoxy) is 1. The van der Waals surface area contributed by atoms with Crippen molar-refractivity contribution in [1.82, 2.24) is 4.90 Å². The largest absolute Gasteiger partial charge is 0.494 e. The van der Waals surface area contributed by atoms with E-state index in [1.165, 1.54) is 5.56 Å². The second-order valence-electron chi connectivity index (χ2n) is 9.33. The van der Waals surface area contributed by atoms with Gasteiger partial charge >= 0.3 is 0 Å². The Morgan fingerprint density at radius 3 is 2.75 bits per heavy atom. The predicted molar refractivity (Wildman–Crippen MR) is 130 cm³/mol. The van der Waals surface area contributed by atoms with Crippen molar-refractivity contribution in [3.05, 3.63) is 52.0 Å². The summed E-state index contributed by atoms with van der Waals surface area (Å²) in [6, 6.07) is 12.0. The molecule has 2 aliphatic heterocycles. The van der Waals surface area contributed by atoms with E-state index in [1.54, 1.807) is 0 Å². The molecule has 32 heavy (non-hydrogen) atoms. The Balaban J connectivity index is 1.03. The number of nitrogens with zero attached hydrogens (tertiary/aromatic N) is 2. The van der Waals surface area contributed by atoms with Crippen molar-refractivity contribution < 1.29 is 9.53 Å². The van der Waals surface area contributed by atoms with E-state index >= 15 is 0 Å². The molecule has 2 heterocycles. The Kier molecular flexibility index (Phi) is 5.99. The molecule has 3 aliphatic rings. The monoisotopic (exact) mass is 473 g/mol. The van der Waals surface area contributed by atoms with E-state index in [0.717, 1.165) is 69.1 Å². The maximum Gasteiger partial charge on any atom is 0.230 e. The van der Waals surface area contributed by atoms with E-state index in [-0.39, 0.29) is 11.3 Å². The molecule has 0 spiro atoms. The first-order valence-corrected chi connectivity index (χ1v) is 12.2. The van der Waals surface area contributed by atoms with Gasteiger partial charge in [0.1, 0.15) is 5.75 Å². The van der Waals surface area contributed by atoms with Gasteiger partial charge < -0.3 is 15.0 Å². The lowest BCUT2D eigenvalue weighted by atomic mass is 9.94. The number of rotatable bonds is 7. The van der Waals surface area contributed by atoms with Crippen LogP contribution in [-0.2, 0) is 4.79 Å². The number of halogens is 2. The zero-order valence-electron chi connectivity index (χ0n) is 18.4. The highest BCUT2D eigenvalue weighted by Crippen LogP contribution is 2.63. The van der Waals surface area contributed by atoms with Gasteiger partial charge in [0, 0.05) is 43.9 Å². The van der Waals surface area contributed by atoms with Crippen LogP contribution in [0.1, 0.15) is 37.7 Å². The maximum atomic E-state index is 12.2. The fourth-order valence-corrected chi connectivity index (χ4v) is 5.36. The van der Waals surface area contributed by atoms with Crippen LogP contribution >= 0.6 is 23.2 Å². The fraction of sp³-hybridized carbons (Fsp3) is 0.480. The quantitative estimate of drug-likeness (QED) is 0.545. The molecule has 1 aliphatic carbocycles. The summed E-state index contributed by atoms with van der Waals surface area (Å²) in [6.07, 6.45) is 3.05. The molecule has 1 saturated heterocycles. The van der Waals surface area contributed by atoms with Crippen molar-refractivity contribution in [2.75, 3.05) is 49.5 Å². The van der Waals surface area contributed by atoms with Crippen molar-refractivity contribution in [2.45, 2.75) is 32.1 Å². The lowest BCUT2D eigenvalue weighted by Gasteiger charge is -2.36. The Bertz CT molecular complexity index is 1020. The molecule has 2 aromatic rings. The Morgan fingerprint density at radius 2 is 1.94 bits per heavy atom. The Hall–Kier alpha value is -1.95. The van der Waals surface area contributed by atoms with Gasteiger partial charge in [-0.25, -0.2) is 0 Å². The Labute approximate surface area is 199 Å². The van der Waals surface area contributed by atoms with E-state index in [9.17, 15) is 4.79 Å². The number of hydrogen-bond donors (Lipinski definition) is 1. The third-order valence-corrected chi connectivity index (χ3v) is 7.99. The van der Waals surface area contributed by atoms with E-state index in [2.05, 4.69) is 21.2 Å². The highest BCUT2D eigenvalue weighted by atomic mass is 35.5. The van der Waals surface area contributed by atoms with Gasteiger partial charge in [-0.3, -0.25) is 9.69 Å². The number of carbonyl (C=O) groups is 1. The first-order chi connectivity index (χ1) is 15.5. The third kappa shape index (κ3) is 4.18. The first kappa shape index (κ1) is 21.9. The van der Waals surface area contributed by atoms with Crippen LogP contribution in [0.25, 0.3) is 0 Å². The van der Waals surface area contributed by atoms with Gasteiger partial charge in [-0.2, -0.15) is 0 Å². The predicted octanol–water partition coefficient (Wildman–Crippen LogP) is 5.42. The average Bonchev–Trinajstić information content (AvgIpc) is 3.50. The number of anilines is 2. The van der Waals surface area contributed by atoms with Crippen LogP contribution in [0.4, 0.5) is 11.4 Å². The SMILES string of the molecule is CC12CC1c1ccc(OCCCCN3CCN(c4cccc(Cl)c4Cl)CC3)cc1NC2=O. The number of benzene rings is 2. The molecule has 2 atom stereocenters. The summed E-state index contributed by atoms with van der Waals surface area (Å²) < 4.78 is 5.96.